The van der Waals surface area contributed by atoms with Gasteiger partial charge in [0.15, 0.2) is 12.2 Å². The van der Waals surface area contributed by atoms with E-state index in [2.05, 4.69) is 82.1 Å². The van der Waals surface area contributed by atoms with E-state index in [1.54, 1.807) is 6.08 Å². The van der Waals surface area contributed by atoms with Crippen LogP contribution < -0.4 is 0 Å². The van der Waals surface area contributed by atoms with Crippen molar-refractivity contribution in [3.63, 3.8) is 0 Å². The molecule has 0 spiro atoms. The molecule has 0 saturated heterocycles. The van der Waals surface area contributed by atoms with Gasteiger partial charge in [0.05, 0.1) is 26.4 Å². The molecular weight excluding hydrogens is 1080 g/mol. The first kappa shape index (κ1) is 77.1. The van der Waals surface area contributed by atoms with Gasteiger partial charge in [-0.15, -0.1) is 5.92 Å². The standard InChI is InChI=1S/C62H104O17P2/c1-5-9-13-17-21-24-27-30-33-36-40-43-47-60(65)72-52-57(78-61(66)48-44-38-20-16-12-8-4)54-76-80(68,69)74-50-56(63)51-75-81(70,71)77-55-58(53-73-59(64)46-42-39-35-32-29-26-23-19-15-11-7-3)79-62(67)49-45-41-37-34-31-28-25-22-18-14-10-6-2/h10,14,21-22,24-26,28-29,31,45,49,56-58,63H,5-9,11-13,15-20,23,27,30,32-38,40-41,43-44,46-48,50-55H2,1-4H3,(H,68,69)(H,70,71)/b14-10-,24-21+,25-22?,29-26+,31-28?,49-45-/t56-,57+,58+/m0/s1. The van der Waals surface area contributed by atoms with E-state index in [1.165, 1.54) is 44.6 Å². The Kier molecular flexibility index (Phi) is 52.6. The van der Waals surface area contributed by atoms with Crippen molar-refractivity contribution in [1.29, 1.82) is 0 Å². The number of esters is 4. The Hall–Kier alpha value is -3.94. The second kappa shape index (κ2) is 55.3. The maximum atomic E-state index is 12.9. The van der Waals surface area contributed by atoms with E-state index in [9.17, 15) is 43.2 Å². The van der Waals surface area contributed by atoms with Gasteiger partial charge in [-0.3, -0.25) is 32.5 Å². The third kappa shape index (κ3) is 55.0. The van der Waals surface area contributed by atoms with Crippen LogP contribution in [0, 0.1) is 11.8 Å². The topological polar surface area (TPSA) is 237 Å². The molecule has 0 fully saturated rings. The lowest BCUT2D eigenvalue weighted by atomic mass is 10.1. The van der Waals surface area contributed by atoms with Gasteiger partial charge in [0.25, 0.3) is 0 Å². The lowest BCUT2D eigenvalue weighted by molar-refractivity contribution is -0.161. The molecular formula is C62H104O17P2. The van der Waals surface area contributed by atoms with Crippen molar-refractivity contribution in [2.24, 2.45) is 0 Å². The number of ether oxygens (including phenoxy) is 4. The van der Waals surface area contributed by atoms with Crippen LogP contribution in [0.15, 0.2) is 72.9 Å². The van der Waals surface area contributed by atoms with Gasteiger partial charge in [0.1, 0.15) is 25.7 Å². The van der Waals surface area contributed by atoms with Gasteiger partial charge in [0.2, 0.25) is 0 Å². The van der Waals surface area contributed by atoms with Gasteiger partial charge in [-0.1, -0.05) is 184 Å². The summed E-state index contributed by atoms with van der Waals surface area (Å²) < 4.78 is 67.1. The molecule has 0 rings (SSSR count). The lowest BCUT2D eigenvalue weighted by Gasteiger charge is -2.21. The maximum absolute atomic E-state index is 12.9. The summed E-state index contributed by atoms with van der Waals surface area (Å²) in [5.74, 6) is 3.03. The predicted octanol–water partition coefficient (Wildman–Crippen LogP) is 15.0. The highest BCUT2D eigenvalue weighted by Crippen LogP contribution is 2.45. The zero-order valence-electron chi connectivity index (χ0n) is 49.8. The van der Waals surface area contributed by atoms with Gasteiger partial charge in [-0.2, -0.15) is 0 Å². The number of hydrogen-bond acceptors (Lipinski definition) is 15. The van der Waals surface area contributed by atoms with Gasteiger partial charge < -0.3 is 33.8 Å². The smallest absolute Gasteiger partial charge is 0.462 e. The van der Waals surface area contributed by atoms with Crippen LogP contribution in [-0.4, -0.2) is 96.7 Å². The zero-order valence-corrected chi connectivity index (χ0v) is 51.6. The monoisotopic (exact) mass is 1180 g/mol. The first-order chi connectivity index (χ1) is 39.2. The third-order valence-electron chi connectivity index (χ3n) is 12.0. The summed E-state index contributed by atoms with van der Waals surface area (Å²) in [5.41, 5.74) is 0. The van der Waals surface area contributed by atoms with Crippen LogP contribution >= 0.6 is 15.6 Å². The van der Waals surface area contributed by atoms with E-state index in [4.69, 9.17) is 37.0 Å². The Bertz CT molecular complexity index is 1950. The molecule has 0 aliphatic carbocycles. The second-order valence-corrected chi connectivity index (χ2v) is 22.7. The summed E-state index contributed by atoms with van der Waals surface area (Å²) in [4.78, 5) is 71.5. The first-order valence-corrected chi connectivity index (χ1v) is 33.2. The molecule has 2 unspecified atom stereocenters. The molecule has 0 bridgehead atoms. The van der Waals surface area contributed by atoms with E-state index in [0.29, 0.717) is 25.7 Å². The number of rotatable bonds is 54. The van der Waals surface area contributed by atoms with E-state index in [1.807, 2.05) is 18.2 Å². The molecule has 0 aliphatic heterocycles. The van der Waals surface area contributed by atoms with Crippen LogP contribution in [0.2, 0.25) is 0 Å². The zero-order chi connectivity index (χ0) is 59.8. The minimum Gasteiger partial charge on any atom is -0.462 e. The second-order valence-electron chi connectivity index (χ2n) is 19.8. The maximum Gasteiger partial charge on any atom is 0.472 e. The molecule has 3 N–H and O–H groups in total. The van der Waals surface area contributed by atoms with Gasteiger partial charge in [-0.25, -0.2) is 13.9 Å². The van der Waals surface area contributed by atoms with Gasteiger partial charge in [0, 0.05) is 25.3 Å². The number of carbonyl (C=O) groups is 4. The third-order valence-corrected chi connectivity index (χ3v) is 13.9. The molecule has 0 amide bonds. The van der Waals surface area contributed by atoms with Crippen LogP contribution in [-0.2, 0) is 65.4 Å². The quantitative estimate of drug-likeness (QED) is 0.00750. The van der Waals surface area contributed by atoms with Crippen molar-refractivity contribution in [3.05, 3.63) is 72.9 Å². The molecule has 0 aromatic rings. The number of phosphoric ester groups is 2. The molecule has 0 heterocycles. The molecule has 81 heavy (non-hydrogen) atoms. The number of aliphatic hydroxyl groups excluding tert-OH is 1. The SMILES string of the molecule is CC/C=C\CC=CC=CCCC/C=C\C(=O)O[C@H](COC(=O)CC#CCC/C=C/CCCCCC)COP(=O)(O)OC[C@@H](O)COP(=O)(O)OC[C@@H](COC(=O)CCCCCCC/C=C/CCCCC)OC(=O)CCCCCCCC. The Morgan fingerprint density at radius 1 is 0.444 bits per heavy atom. The minimum atomic E-state index is -5.00. The van der Waals surface area contributed by atoms with Crippen molar-refractivity contribution in [3.8, 4) is 11.8 Å². The van der Waals surface area contributed by atoms with Crippen LogP contribution in [0.25, 0.3) is 0 Å². The molecule has 0 radical (unpaired) electrons. The van der Waals surface area contributed by atoms with Crippen LogP contribution in [0.4, 0.5) is 0 Å². The Balaban J connectivity index is 5.35. The summed E-state index contributed by atoms with van der Waals surface area (Å²) in [6.07, 6.45) is 46.3. The molecule has 0 aromatic heterocycles. The molecule has 0 aromatic carbocycles. The number of aliphatic hydroxyl groups is 1. The van der Waals surface area contributed by atoms with Crippen molar-refractivity contribution >= 4 is 39.5 Å². The summed E-state index contributed by atoms with van der Waals surface area (Å²) in [6, 6.07) is 0. The molecule has 464 valence electrons. The van der Waals surface area contributed by atoms with Crippen molar-refractivity contribution in [2.75, 3.05) is 39.6 Å². The van der Waals surface area contributed by atoms with E-state index in [-0.39, 0.29) is 19.3 Å². The summed E-state index contributed by atoms with van der Waals surface area (Å²) in [5, 5.41) is 10.5. The normalized spacial score (nSPS) is 14.6. The van der Waals surface area contributed by atoms with Crippen LogP contribution in [0.5, 0.6) is 0 Å². The molecule has 17 nitrogen and oxygen atoms in total. The highest BCUT2D eigenvalue weighted by atomic mass is 31.2. The summed E-state index contributed by atoms with van der Waals surface area (Å²) >= 11 is 0. The number of carbonyl (C=O) groups excluding carboxylic acids is 4. The predicted molar refractivity (Wildman–Crippen MR) is 320 cm³/mol. The molecule has 0 aliphatic rings. The molecule has 5 atom stereocenters. The number of unbranched alkanes of at least 4 members (excludes halogenated alkanes) is 20. The van der Waals surface area contributed by atoms with Gasteiger partial charge >= 0.3 is 39.5 Å². The van der Waals surface area contributed by atoms with Crippen LogP contribution in [0.1, 0.15) is 227 Å². The molecule has 19 heteroatoms. The summed E-state index contributed by atoms with van der Waals surface area (Å²) in [6.45, 7) is 4.24. The van der Waals surface area contributed by atoms with Crippen molar-refractivity contribution in [1.82, 2.24) is 0 Å². The fourth-order valence-corrected chi connectivity index (χ4v) is 8.96. The number of hydrogen-bond donors (Lipinski definition) is 3. The van der Waals surface area contributed by atoms with Crippen molar-refractivity contribution in [2.45, 2.75) is 245 Å². The fourth-order valence-electron chi connectivity index (χ4n) is 7.38. The van der Waals surface area contributed by atoms with Crippen LogP contribution in [0.3, 0.4) is 0 Å². The highest BCUT2D eigenvalue weighted by Gasteiger charge is 2.30. The Morgan fingerprint density at radius 2 is 0.901 bits per heavy atom. The van der Waals surface area contributed by atoms with E-state index < -0.39 is 97.5 Å². The molecule has 0 saturated carbocycles. The lowest BCUT2D eigenvalue weighted by Crippen LogP contribution is -2.30. The average Bonchev–Trinajstić information content (AvgIpc) is 3.44. The average molecular weight is 1180 g/mol. The minimum absolute atomic E-state index is 0.0859. The summed E-state index contributed by atoms with van der Waals surface area (Å²) in [7, 11) is -9.96. The highest BCUT2D eigenvalue weighted by molar-refractivity contribution is 7.47. The number of phosphoric acid groups is 2. The largest absolute Gasteiger partial charge is 0.472 e. The first-order valence-electron chi connectivity index (χ1n) is 30.2. The Labute approximate surface area is 487 Å². The van der Waals surface area contributed by atoms with Crippen molar-refractivity contribution < 1.29 is 80.2 Å². The van der Waals surface area contributed by atoms with E-state index >= 15 is 0 Å². The number of allylic oxidation sites excluding steroid dienone is 11. The fraction of sp³-hybridized carbons (Fsp3) is 0.710. The Morgan fingerprint density at radius 3 is 1.51 bits per heavy atom. The van der Waals surface area contributed by atoms with E-state index in [0.717, 1.165) is 116 Å². The van der Waals surface area contributed by atoms with Gasteiger partial charge in [-0.05, 0) is 89.9 Å².